The fourth-order valence-corrected chi connectivity index (χ4v) is 3.56. The molecule has 0 aliphatic carbocycles. The Hall–Kier alpha value is -2.62. The molecule has 0 unspecified atom stereocenters. The van der Waals surface area contributed by atoms with Gasteiger partial charge in [-0.1, -0.05) is 37.0 Å². The number of anilines is 2. The molecule has 0 atom stereocenters. The fourth-order valence-electron chi connectivity index (χ4n) is 3.16. The van der Waals surface area contributed by atoms with Crippen molar-refractivity contribution in [2.45, 2.75) is 26.7 Å². The molecule has 160 valence electrons. The Labute approximate surface area is 184 Å². The molecular weight excluding hydrogens is 429 g/mol. The largest absolute Gasteiger partial charge is 0.394 e. The zero-order chi connectivity index (χ0) is 22.0. The number of fused-ring (bicyclic) bond motifs is 1. The van der Waals surface area contributed by atoms with Crippen molar-refractivity contribution in [2.75, 3.05) is 23.5 Å². The molecule has 0 saturated carbocycles. The van der Waals surface area contributed by atoms with E-state index in [1.807, 2.05) is 20.0 Å². The predicted molar refractivity (Wildman–Crippen MR) is 118 cm³/mol. The molecule has 2 amide bonds. The van der Waals surface area contributed by atoms with Gasteiger partial charge in [-0.3, -0.25) is 9.69 Å². The Morgan fingerprint density at radius 3 is 2.67 bits per heavy atom. The van der Waals surface area contributed by atoms with Gasteiger partial charge in [0, 0.05) is 12.4 Å². The van der Waals surface area contributed by atoms with Gasteiger partial charge in [0.1, 0.15) is 11.0 Å². The van der Waals surface area contributed by atoms with Crippen LogP contribution < -0.4 is 15.8 Å². The normalized spacial score (nSPS) is 11.2. The lowest BCUT2D eigenvalue weighted by atomic mass is 10.00. The highest BCUT2D eigenvalue weighted by Crippen LogP contribution is 2.30. The molecule has 0 aliphatic heterocycles. The minimum Gasteiger partial charge on any atom is -0.394 e. The van der Waals surface area contributed by atoms with Gasteiger partial charge < -0.3 is 10.4 Å². The third kappa shape index (κ3) is 4.58. The minimum absolute atomic E-state index is 0.0679. The molecule has 9 nitrogen and oxygen atoms in total. The number of aromatic nitrogens is 4. The van der Waals surface area contributed by atoms with Crippen molar-refractivity contribution in [3.63, 3.8) is 0 Å². The van der Waals surface area contributed by atoms with Crippen LogP contribution in [0.5, 0.6) is 0 Å². The number of carbonyl (C=O) groups excluding carboxylic acids is 1. The number of hydrogen-bond donors (Lipinski definition) is 3. The number of halogens is 2. The summed E-state index contributed by atoms with van der Waals surface area (Å²) in [5, 5.41) is 19.4. The van der Waals surface area contributed by atoms with Gasteiger partial charge in [-0.2, -0.15) is 5.10 Å². The van der Waals surface area contributed by atoms with E-state index in [0.29, 0.717) is 17.2 Å². The Balaban J connectivity index is 1.93. The lowest BCUT2D eigenvalue weighted by Gasteiger charge is -2.25. The highest BCUT2D eigenvalue weighted by Gasteiger charge is 2.20. The number of hydrogen-bond acceptors (Lipinski definition) is 6. The maximum atomic E-state index is 12.6. The Bertz CT molecular complexity index is 1080. The first-order valence-corrected chi connectivity index (χ1v) is 10.1. The molecule has 3 heterocycles. The van der Waals surface area contributed by atoms with E-state index < -0.39 is 6.03 Å². The molecule has 0 radical (unpaired) electrons. The molecule has 30 heavy (non-hydrogen) atoms. The molecule has 3 N–H and O–H groups in total. The van der Waals surface area contributed by atoms with Gasteiger partial charge in [0.2, 0.25) is 0 Å². The average molecular weight is 452 g/mol. The summed E-state index contributed by atoms with van der Waals surface area (Å²) in [5.74, 6) is 0.694. The molecule has 0 spiro atoms. The first-order valence-electron chi connectivity index (χ1n) is 9.33. The van der Waals surface area contributed by atoms with Crippen LogP contribution in [0.3, 0.4) is 0 Å². The molecule has 3 aromatic heterocycles. The molecule has 3 aromatic rings. The van der Waals surface area contributed by atoms with E-state index in [0.717, 1.165) is 16.6 Å². The van der Waals surface area contributed by atoms with Crippen LogP contribution in [-0.2, 0) is 7.05 Å². The molecule has 11 heteroatoms. The number of pyridine rings is 2. The molecule has 0 fully saturated rings. The highest BCUT2D eigenvalue weighted by molar-refractivity contribution is 6.34. The number of nitrogens with zero attached hydrogens (tertiary/aromatic N) is 5. The number of amides is 2. The molecule has 0 aliphatic rings. The second-order valence-corrected chi connectivity index (χ2v) is 7.79. The third-order valence-electron chi connectivity index (χ3n) is 4.51. The van der Waals surface area contributed by atoms with Crippen molar-refractivity contribution in [2.24, 2.45) is 7.05 Å². The van der Waals surface area contributed by atoms with E-state index in [1.165, 1.54) is 11.1 Å². The molecular formula is C19H23Cl2N7O2. The molecule has 3 rings (SSSR count). The quantitative estimate of drug-likeness (QED) is 0.389. The summed E-state index contributed by atoms with van der Waals surface area (Å²) in [6.45, 7) is 6.04. The number of carbonyl (C=O) groups is 1. The van der Waals surface area contributed by atoms with Gasteiger partial charge in [-0.15, -0.1) is 0 Å². The van der Waals surface area contributed by atoms with Crippen LogP contribution in [0.15, 0.2) is 18.2 Å². The second-order valence-electron chi connectivity index (χ2n) is 7.05. The van der Waals surface area contributed by atoms with E-state index in [9.17, 15) is 9.90 Å². The van der Waals surface area contributed by atoms with Crippen LogP contribution in [0.4, 0.5) is 16.3 Å². The number of aliphatic hydroxyl groups excluding tert-OH is 1. The van der Waals surface area contributed by atoms with Gasteiger partial charge in [-0.05, 0) is 36.6 Å². The van der Waals surface area contributed by atoms with Gasteiger partial charge >= 0.3 is 6.03 Å². The lowest BCUT2D eigenvalue weighted by molar-refractivity contribution is 0.248. The Morgan fingerprint density at radius 2 is 2.03 bits per heavy atom. The Kier molecular flexibility index (Phi) is 6.64. The number of hydrazine groups is 1. The maximum absolute atomic E-state index is 12.6. The van der Waals surface area contributed by atoms with Crippen LogP contribution >= 0.6 is 23.2 Å². The van der Waals surface area contributed by atoms with Crippen molar-refractivity contribution in [3.05, 3.63) is 39.8 Å². The van der Waals surface area contributed by atoms with Gasteiger partial charge in [0.05, 0.1) is 24.5 Å². The zero-order valence-corrected chi connectivity index (χ0v) is 18.6. The average Bonchev–Trinajstić information content (AvgIpc) is 2.97. The molecule has 0 aromatic carbocycles. The standard InChI is InChI=1S/C19H23Cl2N7O2/c1-10(2)12-9-15(24-18-16(12)11(3)25-27(18)4)28(7-8-29)26-19(30)22-13-5-6-14(20)23-17(13)21/h5-6,9-10,29H,7-8H2,1-4H3,(H2,22,26,30). The van der Waals surface area contributed by atoms with Gasteiger partial charge in [0.15, 0.2) is 10.8 Å². The summed E-state index contributed by atoms with van der Waals surface area (Å²) in [4.78, 5) is 21.1. The van der Waals surface area contributed by atoms with Crippen LogP contribution in [0.1, 0.15) is 31.0 Å². The summed E-state index contributed by atoms with van der Waals surface area (Å²) in [6.07, 6.45) is 0. The minimum atomic E-state index is -0.566. The summed E-state index contributed by atoms with van der Waals surface area (Å²) in [7, 11) is 1.82. The number of aryl methyl sites for hydroxylation is 2. The van der Waals surface area contributed by atoms with Crippen molar-refractivity contribution >= 4 is 51.8 Å². The first-order chi connectivity index (χ1) is 14.2. The van der Waals surface area contributed by atoms with Crippen molar-refractivity contribution in [1.29, 1.82) is 0 Å². The van der Waals surface area contributed by atoms with Crippen LogP contribution in [0, 0.1) is 6.92 Å². The monoisotopic (exact) mass is 451 g/mol. The topological polar surface area (TPSA) is 108 Å². The second kappa shape index (κ2) is 9.03. The molecule has 0 saturated heterocycles. The van der Waals surface area contributed by atoms with Gasteiger partial charge in [0.25, 0.3) is 0 Å². The third-order valence-corrected chi connectivity index (χ3v) is 5.01. The fraction of sp³-hybridized carbons (Fsp3) is 0.368. The predicted octanol–water partition coefficient (Wildman–Crippen LogP) is 3.64. The number of aliphatic hydroxyl groups is 1. The van der Waals surface area contributed by atoms with Gasteiger partial charge in [-0.25, -0.2) is 20.2 Å². The summed E-state index contributed by atoms with van der Waals surface area (Å²) < 4.78 is 1.70. The van der Waals surface area contributed by atoms with Crippen molar-refractivity contribution in [3.8, 4) is 0 Å². The summed E-state index contributed by atoms with van der Waals surface area (Å²) in [6, 6.07) is 4.40. The SMILES string of the molecule is Cc1nn(C)c2nc(N(CCO)NC(=O)Nc3ccc(Cl)nc3Cl)cc(C(C)C)c12. The van der Waals surface area contributed by atoms with Crippen molar-refractivity contribution < 1.29 is 9.90 Å². The zero-order valence-electron chi connectivity index (χ0n) is 17.1. The molecule has 0 bridgehead atoms. The van der Waals surface area contributed by atoms with E-state index in [1.54, 1.807) is 10.7 Å². The highest BCUT2D eigenvalue weighted by atomic mass is 35.5. The smallest absolute Gasteiger partial charge is 0.338 e. The Morgan fingerprint density at radius 1 is 1.30 bits per heavy atom. The summed E-state index contributed by atoms with van der Waals surface area (Å²) >= 11 is 11.8. The summed E-state index contributed by atoms with van der Waals surface area (Å²) in [5.41, 5.74) is 5.63. The van der Waals surface area contributed by atoms with E-state index in [4.69, 9.17) is 23.2 Å². The van der Waals surface area contributed by atoms with Crippen LogP contribution in [0.25, 0.3) is 11.0 Å². The lowest BCUT2D eigenvalue weighted by Crippen LogP contribution is -2.46. The number of urea groups is 1. The number of nitrogens with one attached hydrogen (secondary N) is 2. The number of rotatable bonds is 6. The van der Waals surface area contributed by atoms with Crippen LogP contribution in [-0.4, -0.2) is 44.0 Å². The van der Waals surface area contributed by atoms with Crippen molar-refractivity contribution in [1.82, 2.24) is 25.2 Å². The van der Waals surface area contributed by atoms with E-state index in [2.05, 4.69) is 39.7 Å². The van der Waals surface area contributed by atoms with E-state index in [-0.39, 0.29) is 29.4 Å². The first kappa shape index (κ1) is 22.1. The van der Waals surface area contributed by atoms with Crippen LogP contribution in [0.2, 0.25) is 10.3 Å². The maximum Gasteiger partial charge on any atom is 0.338 e. The van der Waals surface area contributed by atoms with E-state index >= 15 is 0 Å².